The number of carbonyl (C=O) groups is 3. The van der Waals surface area contributed by atoms with Gasteiger partial charge in [0.05, 0.1) is 11.1 Å². The van der Waals surface area contributed by atoms with Crippen LogP contribution in [0.5, 0.6) is 0 Å². The van der Waals surface area contributed by atoms with Crippen LogP contribution in [-0.4, -0.2) is 60.8 Å². The van der Waals surface area contributed by atoms with Crippen molar-refractivity contribution >= 4 is 17.7 Å². The molecule has 31 heavy (non-hydrogen) atoms. The van der Waals surface area contributed by atoms with Crippen molar-refractivity contribution in [2.45, 2.75) is 26.4 Å². The Morgan fingerprint density at radius 1 is 0.968 bits per heavy atom. The first-order valence-electron chi connectivity index (χ1n) is 10.1. The minimum absolute atomic E-state index is 0.0271. The van der Waals surface area contributed by atoms with Crippen LogP contribution in [0.4, 0.5) is 0 Å². The molecule has 0 unspecified atom stereocenters. The lowest BCUT2D eigenvalue weighted by atomic mass is 10.1. The molecule has 0 aliphatic carbocycles. The average Bonchev–Trinajstić information content (AvgIpc) is 3.34. The molecule has 0 fully saturated rings. The predicted molar refractivity (Wildman–Crippen MR) is 111 cm³/mol. The zero-order chi connectivity index (χ0) is 21.8. The third-order valence-corrected chi connectivity index (χ3v) is 5.16. The number of benzene rings is 2. The fraction of sp³-hybridized carbons (Fsp3) is 0.273. The third kappa shape index (κ3) is 4.35. The molecule has 0 atom stereocenters. The van der Waals surface area contributed by atoms with Crippen LogP contribution in [0.15, 0.2) is 54.6 Å². The van der Waals surface area contributed by atoms with Crippen molar-refractivity contribution in [3.8, 4) is 0 Å². The summed E-state index contributed by atoms with van der Waals surface area (Å²) in [7, 11) is 0. The Hall–Kier alpha value is -3.88. The highest BCUT2D eigenvalue weighted by atomic mass is 16.2. The first kappa shape index (κ1) is 20.4. The number of nitrogens with zero attached hydrogens (tertiary/aromatic N) is 6. The van der Waals surface area contributed by atoms with Crippen LogP contribution in [0, 0.1) is 0 Å². The monoisotopic (exact) mass is 418 g/mol. The number of fused-ring (bicyclic) bond motifs is 1. The second-order valence-electron chi connectivity index (χ2n) is 7.19. The van der Waals surface area contributed by atoms with Gasteiger partial charge < -0.3 is 4.90 Å². The van der Waals surface area contributed by atoms with E-state index in [0.717, 1.165) is 5.56 Å². The van der Waals surface area contributed by atoms with Crippen LogP contribution in [0.3, 0.4) is 0 Å². The Morgan fingerprint density at radius 2 is 1.61 bits per heavy atom. The molecule has 3 aromatic rings. The van der Waals surface area contributed by atoms with Gasteiger partial charge >= 0.3 is 0 Å². The summed E-state index contributed by atoms with van der Waals surface area (Å²) in [6, 6.07) is 16.5. The Morgan fingerprint density at radius 3 is 2.26 bits per heavy atom. The molecule has 1 aromatic heterocycles. The minimum Gasteiger partial charge on any atom is -0.337 e. The van der Waals surface area contributed by atoms with E-state index < -0.39 is 0 Å². The average molecular weight is 418 g/mol. The Bertz CT molecular complexity index is 1080. The van der Waals surface area contributed by atoms with Gasteiger partial charge in [0.25, 0.3) is 11.8 Å². The highest BCUT2D eigenvalue weighted by molar-refractivity contribution is 6.21. The largest absolute Gasteiger partial charge is 0.337 e. The lowest BCUT2D eigenvalue weighted by molar-refractivity contribution is -0.132. The molecule has 0 saturated heterocycles. The molecule has 1 aliphatic rings. The molecule has 1 aliphatic heterocycles. The van der Waals surface area contributed by atoms with Crippen LogP contribution < -0.4 is 0 Å². The molecule has 3 amide bonds. The van der Waals surface area contributed by atoms with E-state index in [-0.39, 0.29) is 37.2 Å². The van der Waals surface area contributed by atoms with Gasteiger partial charge in [-0.05, 0) is 29.8 Å². The number of hydrogen-bond acceptors (Lipinski definition) is 6. The molecule has 0 N–H and O–H groups in total. The number of tetrazole rings is 1. The molecule has 0 spiro atoms. The van der Waals surface area contributed by atoms with E-state index in [0.29, 0.717) is 30.0 Å². The second-order valence-corrected chi connectivity index (χ2v) is 7.19. The van der Waals surface area contributed by atoms with Crippen LogP contribution >= 0.6 is 0 Å². The number of aromatic nitrogens is 4. The number of hydrogen-bond donors (Lipinski definition) is 0. The van der Waals surface area contributed by atoms with Crippen LogP contribution in [0.25, 0.3) is 0 Å². The molecule has 0 saturated carbocycles. The van der Waals surface area contributed by atoms with Crippen LogP contribution in [0.1, 0.15) is 39.0 Å². The van der Waals surface area contributed by atoms with Crippen molar-refractivity contribution in [3.63, 3.8) is 0 Å². The van der Waals surface area contributed by atoms with Gasteiger partial charge in [0, 0.05) is 26.1 Å². The van der Waals surface area contributed by atoms with E-state index in [4.69, 9.17) is 0 Å². The summed E-state index contributed by atoms with van der Waals surface area (Å²) in [5.41, 5.74) is 1.87. The number of imide groups is 1. The SMILES string of the molecule is CCN(Cc1ccccc1)C(=O)Cn1nnc(CCN2C(=O)c3ccccc3C2=O)n1. The summed E-state index contributed by atoms with van der Waals surface area (Å²) in [6.45, 7) is 3.12. The Balaban J connectivity index is 1.34. The second kappa shape index (κ2) is 8.86. The fourth-order valence-electron chi connectivity index (χ4n) is 3.50. The molecule has 9 heteroatoms. The zero-order valence-electron chi connectivity index (χ0n) is 17.1. The normalized spacial score (nSPS) is 12.9. The summed E-state index contributed by atoms with van der Waals surface area (Å²) >= 11 is 0. The van der Waals surface area contributed by atoms with Crippen molar-refractivity contribution in [2.75, 3.05) is 13.1 Å². The van der Waals surface area contributed by atoms with E-state index in [1.165, 1.54) is 9.70 Å². The number of amides is 3. The topological polar surface area (TPSA) is 101 Å². The van der Waals surface area contributed by atoms with E-state index >= 15 is 0 Å². The van der Waals surface area contributed by atoms with E-state index in [9.17, 15) is 14.4 Å². The smallest absolute Gasteiger partial charge is 0.261 e. The maximum absolute atomic E-state index is 12.6. The summed E-state index contributed by atoms with van der Waals surface area (Å²) in [4.78, 5) is 41.6. The molecular weight excluding hydrogens is 396 g/mol. The van der Waals surface area contributed by atoms with E-state index in [1.54, 1.807) is 29.2 Å². The Kier molecular flexibility index (Phi) is 5.83. The van der Waals surface area contributed by atoms with Gasteiger partial charge in [-0.15, -0.1) is 10.2 Å². The van der Waals surface area contributed by atoms with Crippen LogP contribution in [0.2, 0.25) is 0 Å². The van der Waals surface area contributed by atoms with Gasteiger partial charge in [-0.2, -0.15) is 4.80 Å². The molecular formula is C22H22N6O3. The van der Waals surface area contributed by atoms with Crippen molar-refractivity contribution in [1.82, 2.24) is 30.0 Å². The summed E-state index contributed by atoms with van der Waals surface area (Å²) in [5.74, 6) is -0.378. The quantitative estimate of drug-likeness (QED) is 0.515. The molecule has 4 rings (SSSR count). The fourth-order valence-corrected chi connectivity index (χ4v) is 3.50. The van der Waals surface area contributed by atoms with Crippen LogP contribution in [-0.2, 0) is 24.3 Å². The first-order valence-corrected chi connectivity index (χ1v) is 10.1. The van der Waals surface area contributed by atoms with Crippen molar-refractivity contribution in [3.05, 3.63) is 77.1 Å². The van der Waals surface area contributed by atoms with Gasteiger partial charge in [-0.3, -0.25) is 19.3 Å². The number of rotatable bonds is 8. The molecule has 2 heterocycles. The standard InChI is InChI=1S/C22H22N6O3/c1-2-26(14-16-8-4-3-5-9-16)20(29)15-28-24-19(23-25-28)12-13-27-21(30)17-10-6-7-11-18(17)22(27)31/h3-11H,2,12-15H2,1H3. The predicted octanol–water partition coefficient (Wildman–Crippen LogP) is 1.56. The van der Waals surface area contributed by atoms with Gasteiger partial charge in [-0.25, -0.2) is 0 Å². The summed E-state index contributed by atoms with van der Waals surface area (Å²) in [6.07, 6.45) is 0.265. The molecule has 0 bridgehead atoms. The zero-order valence-corrected chi connectivity index (χ0v) is 17.1. The lowest BCUT2D eigenvalue weighted by Gasteiger charge is -2.20. The highest BCUT2D eigenvalue weighted by Crippen LogP contribution is 2.22. The third-order valence-electron chi connectivity index (χ3n) is 5.16. The van der Waals surface area contributed by atoms with Crippen molar-refractivity contribution in [2.24, 2.45) is 0 Å². The van der Waals surface area contributed by atoms with Gasteiger partial charge in [0.15, 0.2) is 5.82 Å². The summed E-state index contributed by atoms with van der Waals surface area (Å²) < 4.78 is 0. The molecule has 0 radical (unpaired) electrons. The van der Waals surface area contributed by atoms with Gasteiger partial charge in [0.2, 0.25) is 5.91 Å². The molecule has 9 nitrogen and oxygen atoms in total. The molecule has 158 valence electrons. The highest BCUT2D eigenvalue weighted by Gasteiger charge is 2.34. The van der Waals surface area contributed by atoms with E-state index in [1.807, 2.05) is 37.3 Å². The van der Waals surface area contributed by atoms with Gasteiger partial charge in [-0.1, -0.05) is 42.5 Å². The lowest BCUT2D eigenvalue weighted by Crippen LogP contribution is -2.34. The number of carbonyl (C=O) groups excluding carboxylic acids is 3. The first-order chi connectivity index (χ1) is 15.1. The Labute approximate surface area is 179 Å². The van der Waals surface area contributed by atoms with Gasteiger partial charge in [0.1, 0.15) is 6.54 Å². The number of likely N-dealkylation sites (N-methyl/N-ethyl adjacent to an activating group) is 1. The van der Waals surface area contributed by atoms with Crippen molar-refractivity contribution in [1.29, 1.82) is 0 Å². The summed E-state index contributed by atoms with van der Waals surface area (Å²) in [5, 5.41) is 12.1. The minimum atomic E-state index is -0.317. The maximum Gasteiger partial charge on any atom is 0.261 e. The van der Waals surface area contributed by atoms with Crippen molar-refractivity contribution < 1.29 is 14.4 Å². The molecule has 2 aromatic carbocycles. The van der Waals surface area contributed by atoms with E-state index in [2.05, 4.69) is 15.4 Å². The maximum atomic E-state index is 12.6.